The number of hydrogen-bond acceptors (Lipinski definition) is 5. The van der Waals surface area contributed by atoms with Gasteiger partial charge in [0, 0.05) is 13.2 Å². The van der Waals surface area contributed by atoms with Gasteiger partial charge >= 0.3 is 5.69 Å². The number of Topliss-reactive ketones (excluding diaryl/α,β-unsaturated/α-hetero) is 1. The Kier molecular flexibility index (Phi) is 3.97. The summed E-state index contributed by atoms with van der Waals surface area (Å²) in [6, 6.07) is 0. The van der Waals surface area contributed by atoms with E-state index in [1.54, 1.807) is 0 Å². The van der Waals surface area contributed by atoms with Crippen molar-refractivity contribution in [3.8, 4) is 0 Å². The zero-order valence-corrected chi connectivity index (χ0v) is 9.58. The van der Waals surface area contributed by atoms with Crippen LogP contribution in [0.4, 0.5) is 0 Å². The molecule has 2 N–H and O–H groups in total. The van der Waals surface area contributed by atoms with Crippen LogP contribution in [0.1, 0.15) is 17.3 Å². The van der Waals surface area contributed by atoms with Gasteiger partial charge in [-0.05, 0) is 6.92 Å². The second kappa shape index (κ2) is 5.07. The second-order valence-corrected chi connectivity index (χ2v) is 3.73. The summed E-state index contributed by atoms with van der Waals surface area (Å²) in [6.45, 7) is 0.530. The third-order valence-electron chi connectivity index (χ3n) is 2.35. The van der Waals surface area contributed by atoms with Crippen LogP contribution in [-0.4, -0.2) is 37.8 Å². The molecule has 0 fully saturated rings. The molecule has 7 heteroatoms. The first-order valence-electron chi connectivity index (χ1n) is 4.98. The van der Waals surface area contributed by atoms with Crippen LogP contribution in [0.3, 0.4) is 0 Å². The van der Waals surface area contributed by atoms with Crippen molar-refractivity contribution >= 4 is 5.78 Å². The van der Waals surface area contributed by atoms with Crippen LogP contribution in [0.15, 0.2) is 15.8 Å². The van der Waals surface area contributed by atoms with Gasteiger partial charge in [-0.3, -0.25) is 18.7 Å². The van der Waals surface area contributed by atoms with Crippen molar-refractivity contribution in [1.29, 1.82) is 0 Å². The lowest BCUT2D eigenvalue weighted by atomic mass is 10.2. The number of rotatable bonds is 4. The molecule has 1 atom stereocenters. The van der Waals surface area contributed by atoms with Crippen molar-refractivity contribution < 1.29 is 15.0 Å². The molecule has 1 aromatic rings. The number of aromatic nitrogens is 2. The van der Waals surface area contributed by atoms with E-state index in [0.29, 0.717) is 0 Å². The fourth-order valence-electron chi connectivity index (χ4n) is 1.38. The maximum absolute atomic E-state index is 11.6. The molecule has 0 aliphatic rings. The second-order valence-electron chi connectivity index (χ2n) is 3.73. The lowest BCUT2D eigenvalue weighted by Crippen LogP contribution is -2.42. The van der Waals surface area contributed by atoms with Gasteiger partial charge in [0.15, 0.2) is 5.78 Å². The van der Waals surface area contributed by atoms with Gasteiger partial charge in [-0.15, -0.1) is 0 Å². The monoisotopic (exact) mass is 242 g/mol. The molecule has 1 unspecified atom stereocenters. The zero-order chi connectivity index (χ0) is 13.2. The Bertz CT molecular complexity index is 543. The van der Waals surface area contributed by atoms with Crippen LogP contribution in [0.25, 0.3) is 0 Å². The normalized spacial score (nSPS) is 12.5. The summed E-state index contributed by atoms with van der Waals surface area (Å²) in [7, 11) is 1.25. The van der Waals surface area contributed by atoms with Gasteiger partial charge < -0.3 is 10.2 Å². The average Bonchev–Trinajstić information content (AvgIpc) is 2.29. The van der Waals surface area contributed by atoms with E-state index in [0.717, 1.165) is 15.3 Å². The van der Waals surface area contributed by atoms with Gasteiger partial charge in [0.1, 0.15) is 0 Å². The number of nitrogens with zero attached hydrogens (tertiary/aromatic N) is 2. The van der Waals surface area contributed by atoms with Gasteiger partial charge in [0.25, 0.3) is 5.56 Å². The molecule has 1 heterocycles. The molecule has 0 aromatic carbocycles. The van der Waals surface area contributed by atoms with Gasteiger partial charge in [-0.2, -0.15) is 0 Å². The number of aliphatic hydroxyl groups excluding tert-OH is 2. The lowest BCUT2D eigenvalue weighted by Gasteiger charge is -2.12. The first-order valence-corrected chi connectivity index (χ1v) is 4.98. The largest absolute Gasteiger partial charge is 0.394 e. The van der Waals surface area contributed by atoms with Crippen molar-refractivity contribution in [1.82, 2.24) is 9.13 Å². The molecule has 7 nitrogen and oxygen atoms in total. The van der Waals surface area contributed by atoms with Crippen LogP contribution in [-0.2, 0) is 13.6 Å². The van der Waals surface area contributed by atoms with Gasteiger partial charge in [-0.1, -0.05) is 0 Å². The van der Waals surface area contributed by atoms with Crippen LogP contribution in [0, 0.1) is 0 Å². The Hall–Kier alpha value is -1.73. The summed E-state index contributed by atoms with van der Waals surface area (Å²) >= 11 is 0. The van der Waals surface area contributed by atoms with Crippen molar-refractivity contribution in [2.45, 2.75) is 19.6 Å². The average molecular weight is 242 g/mol. The summed E-state index contributed by atoms with van der Waals surface area (Å²) in [5.41, 5.74) is -1.44. The molecular formula is C10H14N2O5. The fraction of sp³-hybridized carbons (Fsp3) is 0.500. The third-order valence-corrected chi connectivity index (χ3v) is 2.35. The smallest absolute Gasteiger partial charge is 0.330 e. The van der Waals surface area contributed by atoms with Crippen molar-refractivity contribution in [2.24, 2.45) is 7.05 Å². The number of hydrogen-bond donors (Lipinski definition) is 2. The Labute approximate surface area is 96.6 Å². The van der Waals surface area contributed by atoms with Gasteiger partial charge in [-0.25, -0.2) is 4.79 Å². The van der Waals surface area contributed by atoms with E-state index in [9.17, 15) is 19.5 Å². The Morgan fingerprint density at radius 1 is 1.47 bits per heavy atom. The molecule has 17 heavy (non-hydrogen) atoms. The highest BCUT2D eigenvalue weighted by Crippen LogP contribution is 1.93. The first kappa shape index (κ1) is 13.3. The van der Waals surface area contributed by atoms with Crippen molar-refractivity contribution in [3.63, 3.8) is 0 Å². The molecule has 0 spiro atoms. The highest BCUT2D eigenvalue weighted by molar-refractivity contribution is 5.93. The molecule has 0 saturated heterocycles. The molecule has 0 amide bonds. The standard InChI is InChI=1S/C10H14N2O5/c1-6(14)8-4-12(3-7(15)5-13)10(17)11(2)9(8)16/h4,7,13,15H,3,5H2,1-2H3. The fourth-order valence-corrected chi connectivity index (χ4v) is 1.38. The third kappa shape index (κ3) is 2.69. The minimum atomic E-state index is -1.12. The van der Waals surface area contributed by atoms with E-state index in [1.807, 2.05) is 0 Å². The van der Waals surface area contributed by atoms with Gasteiger partial charge in [0.05, 0.1) is 24.8 Å². The number of carbonyl (C=O) groups is 1. The highest BCUT2D eigenvalue weighted by Gasteiger charge is 2.13. The Morgan fingerprint density at radius 3 is 2.53 bits per heavy atom. The summed E-state index contributed by atoms with van der Waals surface area (Å²) < 4.78 is 1.82. The van der Waals surface area contributed by atoms with Crippen LogP contribution >= 0.6 is 0 Å². The number of aliphatic hydroxyl groups is 2. The van der Waals surface area contributed by atoms with E-state index in [1.165, 1.54) is 14.0 Å². The first-order chi connectivity index (χ1) is 7.88. The minimum absolute atomic E-state index is 0.128. The van der Waals surface area contributed by atoms with E-state index >= 15 is 0 Å². The minimum Gasteiger partial charge on any atom is -0.394 e. The molecule has 0 radical (unpaired) electrons. The predicted molar refractivity (Wildman–Crippen MR) is 59.0 cm³/mol. The predicted octanol–water partition coefficient (Wildman–Crippen LogP) is -1.90. The molecule has 0 saturated carbocycles. The molecule has 0 aliphatic heterocycles. The maximum Gasteiger partial charge on any atom is 0.330 e. The molecular weight excluding hydrogens is 228 g/mol. The summed E-state index contributed by atoms with van der Waals surface area (Å²) in [5, 5.41) is 17.9. The Morgan fingerprint density at radius 2 is 2.06 bits per heavy atom. The summed E-state index contributed by atoms with van der Waals surface area (Å²) in [5.74, 6) is -0.460. The zero-order valence-electron chi connectivity index (χ0n) is 9.58. The maximum atomic E-state index is 11.6. The molecule has 1 aromatic heterocycles. The number of carbonyl (C=O) groups excluding carboxylic acids is 1. The summed E-state index contributed by atoms with van der Waals surface area (Å²) in [6.07, 6.45) is -0.0173. The molecule has 0 aliphatic carbocycles. The van der Waals surface area contributed by atoms with Crippen molar-refractivity contribution in [2.75, 3.05) is 6.61 Å². The SMILES string of the molecule is CC(=O)c1cn(CC(O)CO)c(=O)n(C)c1=O. The quantitative estimate of drug-likeness (QED) is 0.601. The summed E-state index contributed by atoms with van der Waals surface area (Å²) in [4.78, 5) is 34.4. The van der Waals surface area contributed by atoms with E-state index in [2.05, 4.69) is 0 Å². The molecule has 94 valence electrons. The van der Waals surface area contributed by atoms with Crippen LogP contribution in [0.2, 0.25) is 0 Å². The van der Waals surface area contributed by atoms with Crippen LogP contribution in [0.5, 0.6) is 0 Å². The van der Waals surface area contributed by atoms with E-state index in [-0.39, 0.29) is 12.1 Å². The van der Waals surface area contributed by atoms with E-state index in [4.69, 9.17) is 5.11 Å². The van der Waals surface area contributed by atoms with Crippen molar-refractivity contribution in [3.05, 3.63) is 32.6 Å². The number of ketones is 1. The van der Waals surface area contributed by atoms with Crippen LogP contribution < -0.4 is 11.2 Å². The lowest BCUT2D eigenvalue weighted by molar-refractivity contribution is 0.0794. The highest BCUT2D eigenvalue weighted by atomic mass is 16.3. The Balaban J connectivity index is 3.38. The van der Waals surface area contributed by atoms with Gasteiger partial charge in [0.2, 0.25) is 0 Å². The van der Waals surface area contributed by atoms with E-state index < -0.39 is 29.7 Å². The molecule has 0 bridgehead atoms. The topological polar surface area (TPSA) is 102 Å². The molecule has 1 rings (SSSR count).